The van der Waals surface area contributed by atoms with Crippen LogP contribution in [-0.2, 0) is 13.5 Å². The summed E-state index contributed by atoms with van der Waals surface area (Å²) in [4.78, 5) is 11.8. The fraction of sp³-hybridized carbons (Fsp3) is 0.385. The fourth-order valence-corrected chi connectivity index (χ4v) is 2.57. The van der Waals surface area contributed by atoms with Crippen LogP contribution < -0.4 is 0 Å². The number of ketones is 1. The van der Waals surface area contributed by atoms with Crippen molar-refractivity contribution >= 4 is 5.78 Å². The third-order valence-electron chi connectivity index (χ3n) is 3.33. The molecule has 0 spiro atoms. The van der Waals surface area contributed by atoms with Crippen LogP contribution in [-0.4, -0.2) is 20.1 Å². The van der Waals surface area contributed by atoms with E-state index in [1.54, 1.807) is 4.68 Å². The van der Waals surface area contributed by atoms with Crippen LogP contribution in [0.1, 0.15) is 34.6 Å². The van der Waals surface area contributed by atoms with E-state index < -0.39 is 0 Å². The molecule has 0 saturated heterocycles. The minimum Gasteiger partial charge on any atom is -0.301 e. The standard InChI is InChI=1S/C13H15N3O/c1-9-8-10-11(4-3-5-12(10)17)16(9)13-6-7-15(2)14-13/h6-8H,3-5H2,1-2H3. The van der Waals surface area contributed by atoms with Gasteiger partial charge in [0.15, 0.2) is 11.6 Å². The Kier molecular flexibility index (Phi) is 2.18. The van der Waals surface area contributed by atoms with E-state index in [9.17, 15) is 4.79 Å². The van der Waals surface area contributed by atoms with Crippen molar-refractivity contribution in [2.75, 3.05) is 0 Å². The van der Waals surface area contributed by atoms with Crippen LogP contribution in [0.2, 0.25) is 0 Å². The summed E-state index contributed by atoms with van der Waals surface area (Å²) in [6, 6.07) is 3.97. The van der Waals surface area contributed by atoms with Crippen molar-refractivity contribution in [3.8, 4) is 5.82 Å². The third kappa shape index (κ3) is 1.52. The van der Waals surface area contributed by atoms with E-state index in [1.165, 1.54) is 0 Å². The first kappa shape index (κ1) is 10.3. The zero-order valence-corrected chi connectivity index (χ0v) is 10.1. The van der Waals surface area contributed by atoms with E-state index >= 15 is 0 Å². The lowest BCUT2D eigenvalue weighted by Gasteiger charge is -2.14. The lowest BCUT2D eigenvalue weighted by atomic mass is 9.97. The molecule has 0 fully saturated rings. The summed E-state index contributed by atoms with van der Waals surface area (Å²) < 4.78 is 3.89. The molecule has 4 heteroatoms. The largest absolute Gasteiger partial charge is 0.301 e. The first-order chi connectivity index (χ1) is 8.16. The molecule has 0 aliphatic heterocycles. The number of nitrogens with zero attached hydrogens (tertiary/aromatic N) is 3. The Hall–Kier alpha value is -1.84. The molecule has 2 aromatic heterocycles. The molecule has 0 amide bonds. The van der Waals surface area contributed by atoms with Gasteiger partial charge in [0, 0.05) is 42.7 Å². The lowest BCUT2D eigenvalue weighted by Crippen LogP contribution is -2.13. The number of fused-ring (bicyclic) bond motifs is 1. The number of hydrogen-bond acceptors (Lipinski definition) is 2. The molecule has 88 valence electrons. The van der Waals surface area contributed by atoms with Crippen molar-refractivity contribution in [2.45, 2.75) is 26.2 Å². The molecule has 1 aliphatic carbocycles. The molecule has 17 heavy (non-hydrogen) atoms. The normalized spacial score (nSPS) is 15.1. The van der Waals surface area contributed by atoms with E-state index in [2.05, 4.69) is 9.67 Å². The summed E-state index contributed by atoms with van der Waals surface area (Å²) in [5.74, 6) is 1.17. The number of carbonyl (C=O) groups is 1. The molecule has 0 aromatic carbocycles. The van der Waals surface area contributed by atoms with Gasteiger partial charge in [0.05, 0.1) is 0 Å². The Bertz CT molecular complexity index is 592. The van der Waals surface area contributed by atoms with E-state index in [0.717, 1.165) is 35.6 Å². The van der Waals surface area contributed by atoms with E-state index in [1.807, 2.05) is 32.3 Å². The van der Waals surface area contributed by atoms with Gasteiger partial charge >= 0.3 is 0 Å². The smallest absolute Gasteiger partial charge is 0.164 e. The van der Waals surface area contributed by atoms with Gasteiger partial charge in [0.1, 0.15) is 0 Å². The summed E-state index contributed by atoms with van der Waals surface area (Å²) in [6.45, 7) is 2.03. The highest BCUT2D eigenvalue weighted by molar-refractivity contribution is 5.98. The average Bonchev–Trinajstić information content (AvgIpc) is 2.82. The Labute approximate surface area is 99.9 Å². The highest BCUT2D eigenvalue weighted by Gasteiger charge is 2.23. The zero-order chi connectivity index (χ0) is 12.0. The minimum absolute atomic E-state index is 0.268. The van der Waals surface area contributed by atoms with Crippen molar-refractivity contribution in [3.63, 3.8) is 0 Å². The summed E-state index contributed by atoms with van der Waals surface area (Å²) in [6.07, 6.45) is 4.51. The molecule has 2 heterocycles. The van der Waals surface area contributed by atoms with Gasteiger partial charge in [0.2, 0.25) is 0 Å². The Morgan fingerprint density at radius 2 is 2.18 bits per heavy atom. The van der Waals surface area contributed by atoms with Crippen LogP contribution in [0, 0.1) is 6.92 Å². The maximum absolute atomic E-state index is 11.8. The van der Waals surface area contributed by atoms with Crippen molar-refractivity contribution in [1.82, 2.24) is 14.3 Å². The van der Waals surface area contributed by atoms with Gasteiger partial charge < -0.3 is 4.57 Å². The van der Waals surface area contributed by atoms with Crippen LogP contribution in [0.4, 0.5) is 0 Å². The first-order valence-electron chi connectivity index (χ1n) is 5.91. The maximum Gasteiger partial charge on any atom is 0.164 e. The predicted molar refractivity (Wildman–Crippen MR) is 64.5 cm³/mol. The molecule has 0 bridgehead atoms. The van der Waals surface area contributed by atoms with Gasteiger partial charge in [-0.1, -0.05) is 0 Å². The quantitative estimate of drug-likeness (QED) is 0.750. The molecule has 0 N–H and O–H groups in total. The molecule has 2 aromatic rings. The van der Waals surface area contributed by atoms with E-state index in [4.69, 9.17) is 0 Å². The third-order valence-corrected chi connectivity index (χ3v) is 3.33. The van der Waals surface area contributed by atoms with Crippen molar-refractivity contribution in [2.24, 2.45) is 7.05 Å². The second-order valence-corrected chi connectivity index (χ2v) is 4.61. The number of aryl methyl sites for hydroxylation is 2. The molecule has 1 aliphatic rings. The topological polar surface area (TPSA) is 39.8 Å². The first-order valence-corrected chi connectivity index (χ1v) is 5.91. The summed E-state index contributed by atoms with van der Waals surface area (Å²) in [5.41, 5.74) is 3.10. The zero-order valence-electron chi connectivity index (χ0n) is 10.1. The van der Waals surface area contributed by atoms with Crippen LogP contribution >= 0.6 is 0 Å². The second-order valence-electron chi connectivity index (χ2n) is 4.61. The SMILES string of the molecule is Cc1cc2c(n1-c1ccn(C)n1)CCCC2=O. The summed E-state index contributed by atoms with van der Waals surface area (Å²) in [5, 5.41) is 4.42. The molecule has 0 radical (unpaired) electrons. The second kappa shape index (κ2) is 3.58. The van der Waals surface area contributed by atoms with Crippen molar-refractivity contribution in [1.29, 1.82) is 0 Å². The highest BCUT2D eigenvalue weighted by Crippen LogP contribution is 2.27. The van der Waals surface area contributed by atoms with Crippen LogP contribution in [0.15, 0.2) is 18.3 Å². The van der Waals surface area contributed by atoms with Gasteiger partial charge in [-0.05, 0) is 25.8 Å². The number of aromatic nitrogens is 3. The highest BCUT2D eigenvalue weighted by atomic mass is 16.1. The molecular weight excluding hydrogens is 214 g/mol. The number of carbonyl (C=O) groups excluding carboxylic acids is 1. The van der Waals surface area contributed by atoms with Crippen LogP contribution in [0.5, 0.6) is 0 Å². The van der Waals surface area contributed by atoms with Crippen LogP contribution in [0.25, 0.3) is 5.82 Å². The van der Waals surface area contributed by atoms with Crippen LogP contribution in [0.3, 0.4) is 0 Å². The summed E-state index contributed by atoms with van der Waals surface area (Å²) in [7, 11) is 1.90. The maximum atomic E-state index is 11.8. The lowest BCUT2D eigenvalue weighted by molar-refractivity contribution is 0.0972. The molecule has 0 atom stereocenters. The number of hydrogen-bond donors (Lipinski definition) is 0. The Balaban J connectivity index is 2.20. The monoisotopic (exact) mass is 229 g/mol. The molecule has 0 unspecified atom stereocenters. The van der Waals surface area contributed by atoms with Gasteiger partial charge in [-0.3, -0.25) is 9.48 Å². The van der Waals surface area contributed by atoms with E-state index in [-0.39, 0.29) is 5.78 Å². The molecular formula is C13H15N3O. The van der Waals surface area contributed by atoms with Crippen molar-refractivity contribution < 1.29 is 4.79 Å². The Morgan fingerprint density at radius 1 is 1.35 bits per heavy atom. The molecule has 3 rings (SSSR count). The van der Waals surface area contributed by atoms with E-state index in [0.29, 0.717) is 6.42 Å². The number of rotatable bonds is 1. The van der Waals surface area contributed by atoms with Crippen molar-refractivity contribution in [3.05, 3.63) is 35.3 Å². The minimum atomic E-state index is 0.268. The van der Waals surface area contributed by atoms with Gasteiger partial charge in [-0.25, -0.2) is 0 Å². The molecule has 0 saturated carbocycles. The van der Waals surface area contributed by atoms with Gasteiger partial charge in [-0.15, -0.1) is 0 Å². The Morgan fingerprint density at radius 3 is 2.88 bits per heavy atom. The summed E-state index contributed by atoms with van der Waals surface area (Å²) >= 11 is 0. The average molecular weight is 229 g/mol. The number of Topliss-reactive ketones (excluding diaryl/α,β-unsaturated/α-hetero) is 1. The predicted octanol–water partition coefficient (Wildman–Crippen LogP) is 2.04. The fourth-order valence-electron chi connectivity index (χ4n) is 2.57. The van der Waals surface area contributed by atoms with Gasteiger partial charge in [-0.2, -0.15) is 5.10 Å². The van der Waals surface area contributed by atoms with Gasteiger partial charge in [0.25, 0.3) is 0 Å². The molecule has 4 nitrogen and oxygen atoms in total.